The highest BCUT2D eigenvalue weighted by molar-refractivity contribution is 5.81. The fourth-order valence-electron chi connectivity index (χ4n) is 2.42. The average molecular weight is 333 g/mol. The van der Waals surface area contributed by atoms with Gasteiger partial charge in [0.15, 0.2) is 0 Å². The molecule has 0 spiro atoms. The highest BCUT2D eigenvalue weighted by atomic mass is 16.3. The Labute approximate surface area is 146 Å². The summed E-state index contributed by atoms with van der Waals surface area (Å²) in [7, 11) is 0. The van der Waals surface area contributed by atoms with Crippen LogP contribution < -0.4 is 5.01 Å². The van der Waals surface area contributed by atoms with E-state index in [1.54, 1.807) is 6.21 Å². The molecular weight excluding hydrogens is 300 g/mol. The summed E-state index contributed by atoms with van der Waals surface area (Å²) in [6, 6.07) is 3.91. The lowest BCUT2D eigenvalue weighted by Gasteiger charge is -2.27. The number of aromatic hydroxyl groups is 1. The van der Waals surface area contributed by atoms with Crippen LogP contribution in [0.25, 0.3) is 0 Å². The van der Waals surface area contributed by atoms with E-state index in [9.17, 15) is 9.90 Å². The van der Waals surface area contributed by atoms with Crippen LogP contribution in [0.2, 0.25) is 0 Å². The van der Waals surface area contributed by atoms with Gasteiger partial charge in [-0.3, -0.25) is 0 Å². The fraction of sp³-hybridized carbons (Fsp3) is 0.600. The number of nitrogens with zero attached hydrogens (tertiary/aromatic N) is 1. The van der Waals surface area contributed by atoms with Crippen LogP contribution in [-0.2, 0) is 15.6 Å². The van der Waals surface area contributed by atoms with Crippen LogP contribution in [0, 0.1) is 0 Å². The predicted octanol–water partition coefficient (Wildman–Crippen LogP) is 3.16. The lowest BCUT2D eigenvalue weighted by atomic mass is 9.78. The van der Waals surface area contributed by atoms with E-state index < -0.39 is 0 Å². The normalized spacial score (nSPS) is 14.9. The number of nitrogens with one attached hydrogen (secondary N) is 1. The van der Waals surface area contributed by atoms with E-state index in [2.05, 4.69) is 46.6 Å². The number of rotatable bonds is 3. The third-order valence-corrected chi connectivity index (χ3v) is 3.98. The van der Waals surface area contributed by atoms with Gasteiger partial charge in [-0.05, 0) is 49.3 Å². The number of amides is 1. The summed E-state index contributed by atoms with van der Waals surface area (Å²) < 4.78 is 0. The molecule has 1 amide bonds. The zero-order valence-electron chi connectivity index (χ0n) is 16.6. The van der Waals surface area contributed by atoms with Gasteiger partial charge in [0.05, 0.1) is 6.21 Å². The maximum atomic E-state index is 11.3. The minimum atomic E-state index is -0.297. The highest BCUT2D eigenvalue weighted by Gasteiger charge is 2.27. The van der Waals surface area contributed by atoms with Crippen LogP contribution in [0.4, 0.5) is 0 Å². The molecule has 1 atom stereocenters. The molecule has 4 heteroatoms. The molecule has 24 heavy (non-hydrogen) atoms. The van der Waals surface area contributed by atoms with Gasteiger partial charge >= 0.3 is 6.41 Å². The molecule has 0 fully saturated rings. The lowest BCUT2D eigenvalue weighted by Crippen LogP contribution is -3.14. The van der Waals surface area contributed by atoms with Crippen LogP contribution in [0.15, 0.2) is 17.2 Å². The number of carbonyl (C=O) groups is 1. The van der Waals surface area contributed by atoms with E-state index in [0.29, 0.717) is 10.8 Å². The molecule has 1 aromatic carbocycles. The maximum absolute atomic E-state index is 11.3. The summed E-state index contributed by atoms with van der Waals surface area (Å²) in [5, 5.41) is 15.6. The van der Waals surface area contributed by atoms with E-state index in [1.807, 2.05) is 32.9 Å². The molecule has 0 saturated carbocycles. The number of carbonyl (C=O) groups excluding carboxylic acids is 1. The second-order valence-corrected chi connectivity index (χ2v) is 9.48. The van der Waals surface area contributed by atoms with Crippen molar-refractivity contribution in [2.75, 3.05) is 0 Å². The fourth-order valence-corrected chi connectivity index (χ4v) is 2.42. The van der Waals surface area contributed by atoms with Crippen molar-refractivity contribution in [2.45, 2.75) is 78.7 Å². The molecule has 1 aromatic rings. The molecule has 0 bridgehead atoms. The topological polar surface area (TPSA) is 54.1 Å². The number of hydrogen-bond donors (Lipinski definition) is 2. The second kappa shape index (κ2) is 6.67. The Morgan fingerprint density at radius 3 is 1.62 bits per heavy atom. The smallest absolute Gasteiger partial charge is 0.326 e. The summed E-state index contributed by atoms with van der Waals surface area (Å²) in [6.07, 6.45) is 2.53. The van der Waals surface area contributed by atoms with E-state index in [4.69, 9.17) is 0 Å². The molecule has 0 aliphatic carbocycles. The van der Waals surface area contributed by atoms with Crippen molar-refractivity contribution in [2.24, 2.45) is 5.10 Å². The Kier molecular flexibility index (Phi) is 5.66. The molecule has 0 radical (unpaired) electrons. The van der Waals surface area contributed by atoms with Crippen molar-refractivity contribution in [3.8, 4) is 5.75 Å². The average Bonchev–Trinajstić information content (AvgIpc) is 2.36. The number of benzene rings is 1. The van der Waals surface area contributed by atoms with Gasteiger partial charge in [0, 0.05) is 11.1 Å². The molecule has 0 saturated heterocycles. The van der Waals surface area contributed by atoms with Crippen molar-refractivity contribution in [3.05, 3.63) is 28.8 Å². The summed E-state index contributed by atoms with van der Waals surface area (Å²) in [5.74, 6) is 0.350. The number of phenols is 1. The van der Waals surface area contributed by atoms with Gasteiger partial charge in [0.25, 0.3) is 0 Å². The molecular formula is C20H33N2O2+. The van der Waals surface area contributed by atoms with Gasteiger partial charge in [-0.25, -0.2) is 4.79 Å². The predicted molar refractivity (Wildman–Crippen MR) is 99.9 cm³/mol. The SMILES string of the molecule is CC(C)(C)c1cc(C=N[NH+](C=O)C(C)(C)C)cc(C(C)(C)C)c1O. The first-order valence-electron chi connectivity index (χ1n) is 8.42. The van der Waals surface area contributed by atoms with Crippen LogP contribution in [-0.4, -0.2) is 23.3 Å². The minimum absolute atomic E-state index is 0.185. The van der Waals surface area contributed by atoms with Crippen molar-refractivity contribution >= 4 is 12.6 Å². The minimum Gasteiger partial charge on any atom is -0.507 e. The second-order valence-electron chi connectivity index (χ2n) is 9.48. The Balaban J connectivity index is 3.47. The molecule has 2 N–H and O–H groups in total. The van der Waals surface area contributed by atoms with Crippen LogP contribution in [0.5, 0.6) is 5.75 Å². The summed E-state index contributed by atoms with van der Waals surface area (Å²) in [5.41, 5.74) is 2.00. The Morgan fingerprint density at radius 2 is 1.33 bits per heavy atom. The van der Waals surface area contributed by atoms with Gasteiger partial charge in [-0.2, -0.15) is 0 Å². The van der Waals surface area contributed by atoms with E-state index in [1.165, 1.54) is 0 Å². The highest BCUT2D eigenvalue weighted by Crippen LogP contribution is 2.39. The first-order valence-corrected chi connectivity index (χ1v) is 8.42. The van der Waals surface area contributed by atoms with E-state index in [0.717, 1.165) is 23.1 Å². The first-order chi connectivity index (χ1) is 10.7. The van der Waals surface area contributed by atoms with Crippen LogP contribution in [0.1, 0.15) is 79.0 Å². The Hall–Kier alpha value is -1.68. The van der Waals surface area contributed by atoms with Crippen molar-refractivity contribution in [1.82, 2.24) is 0 Å². The number of phenolic OH excluding ortho intramolecular Hbond substituents is 1. The number of hydrogen-bond acceptors (Lipinski definition) is 3. The molecule has 0 aromatic heterocycles. The molecule has 0 aliphatic heterocycles. The largest absolute Gasteiger partial charge is 0.507 e. The maximum Gasteiger partial charge on any atom is 0.326 e. The molecule has 1 rings (SSSR count). The third kappa shape index (κ3) is 4.91. The zero-order chi connectivity index (χ0) is 18.9. The van der Waals surface area contributed by atoms with Crippen molar-refractivity contribution < 1.29 is 14.9 Å². The van der Waals surface area contributed by atoms with Gasteiger partial charge in [0.2, 0.25) is 0 Å². The molecule has 4 nitrogen and oxygen atoms in total. The van der Waals surface area contributed by atoms with Crippen LogP contribution >= 0.6 is 0 Å². The Morgan fingerprint density at radius 1 is 0.917 bits per heavy atom. The summed E-state index contributed by atoms with van der Waals surface area (Å²) >= 11 is 0. The van der Waals surface area contributed by atoms with Crippen molar-refractivity contribution in [3.63, 3.8) is 0 Å². The molecule has 1 unspecified atom stereocenters. The van der Waals surface area contributed by atoms with E-state index >= 15 is 0 Å². The Bertz CT molecular complexity index is 592. The first kappa shape index (κ1) is 20.4. The zero-order valence-corrected chi connectivity index (χ0v) is 16.6. The van der Waals surface area contributed by atoms with E-state index in [-0.39, 0.29) is 16.4 Å². The summed E-state index contributed by atoms with van der Waals surface area (Å²) in [6.45, 7) is 18.4. The molecule has 0 aliphatic rings. The monoisotopic (exact) mass is 333 g/mol. The lowest BCUT2D eigenvalue weighted by molar-refractivity contribution is -0.868. The van der Waals surface area contributed by atoms with Gasteiger partial charge < -0.3 is 5.11 Å². The van der Waals surface area contributed by atoms with Gasteiger partial charge in [-0.1, -0.05) is 46.6 Å². The molecule has 134 valence electrons. The molecule has 0 heterocycles. The van der Waals surface area contributed by atoms with Crippen LogP contribution in [0.3, 0.4) is 0 Å². The van der Waals surface area contributed by atoms with Crippen molar-refractivity contribution in [1.29, 1.82) is 0 Å². The number of quaternary nitrogens is 1. The van der Waals surface area contributed by atoms with Gasteiger partial charge in [0.1, 0.15) is 11.3 Å². The third-order valence-electron chi connectivity index (χ3n) is 3.98. The standard InChI is InChI=1S/C20H32N2O2/c1-18(2,3)15-10-14(11-16(17(15)24)19(4,5)6)12-21-22(13-23)20(7,8)9/h10-13,24H,1-9H3/p+1. The quantitative estimate of drug-likeness (QED) is 0.507. The summed E-state index contributed by atoms with van der Waals surface area (Å²) in [4.78, 5) is 11.3. The van der Waals surface area contributed by atoms with Gasteiger partial charge in [-0.15, -0.1) is 5.01 Å².